The number of carbonyl (C=O) groups excluding carboxylic acids is 3. The molecule has 0 aliphatic rings. The number of allylic oxidation sites excluding steroid dienone is 2. The van der Waals surface area contributed by atoms with Crippen LogP contribution in [0.5, 0.6) is 0 Å². The third-order valence-corrected chi connectivity index (χ3v) is 14.3. The van der Waals surface area contributed by atoms with E-state index in [2.05, 4.69) is 32.9 Å². The van der Waals surface area contributed by atoms with Gasteiger partial charge in [0.2, 0.25) is 0 Å². The van der Waals surface area contributed by atoms with Gasteiger partial charge < -0.3 is 14.2 Å². The Balaban J connectivity index is 4.03. The second kappa shape index (κ2) is 58.7. The Morgan fingerprint density at radius 3 is 0.725 bits per heavy atom. The zero-order chi connectivity index (χ0) is 50.0. The van der Waals surface area contributed by atoms with E-state index in [9.17, 15) is 14.4 Å². The highest BCUT2D eigenvalue weighted by atomic mass is 16.6. The van der Waals surface area contributed by atoms with Gasteiger partial charge in [-0.15, -0.1) is 0 Å². The maximum Gasteiger partial charge on any atom is 0.306 e. The summed E-state index contributed by atoms with van der Waals surface area (Å²) in [5, 5.41) is 0. The Morgan fingerprint density at radius 2 is 0.478 bits per heavy atom. The second-order valence-electron chi connectivity index (χ2n) is 21.3. The number of hydrogen-bond donors (Lipinski definition) is 0. The average molecular weight is 974 g/mol. The minimum Gasteiger partial charge on any atom is -0.462 e. The Hall–Kier alpha value is -1.85. The van der Waals surface area contributed by atoms with Crippen LogP contribution in [0.15, 0.2) is 12.2 Å². The number of unbranched alkanes of at least 4 members (excludes halogenated alkanes) is 45. The van der Waals surface area contributed by atoms with Gasteiger partial charge in [-0.05, 0) is 44.9 Å². The predicted octanol–water partition coefficient (Wildman–Crippen LogP) is 20.9. The molecule has 0 radical (unpaired) electrons. The Morgan fingerprint density at radius 1 is 0.275 bits per heavy atom. The molecule has 1 unspecified atom stereocenters. The van der Waals surface area contributed by atoms with Crippen LogP contribution in [0.1, 0.15) is 355 Å². The van der Waals surface area contributed by atoms with Crippen molar-refractivity contribution in [2.24, 2.45) is 0 Å². The van der Waals surface area contributed by atoms with E-state index < -0.39 is 6.10 Å². The van der Waals surface area contributed by atoms with E-state index in [1.807, 2.05) is 0 Å². The van der Waals surface area contributed by atoms with E-state index in [1.165, 1.54) is 257 Å². The molecule has 6 nitrogen and oxygen atoms in total. The van der Waals surface area contributed by atoms with E-state index in [0.717, 1.165) is 57.8 Å². The summed E-state index contributed by atoms with van der Waals surface area (Å²) in [7, 11) is 0. The molecule has 0 aliphatic carbocycles. The molecule has 0 fully saturated rings. The van der Waals surface area contributed by atoms with Gasteiger partial charge in [-0.3, -0.25) is 14.4 Å². The number of carbonyl (C=O) groups is 3. The van der Waals surface area contributed by atoms with Crippen LogP contribution in [0.2, 0.25) is 0 Å². The Kier molecular flexibility index (Phi) is 57.1. The molecule has 6 heteroatoms. The molecule has 0 bridgehead atoms. The van der Waals surface area contributed by atoms with Crippen LogP contribution in [-0.4, -0.2) is 37.2 Å². The van der Waals surface area contributed by atoms with Crippen molar-refractivity contribution in [1.29, 1.82) is 0 Å². The summed E-state index contributed by atoms with van der Waals surface area (Å²) in [5.74, 6) is -0.842. The summed E-state index contributed by atoms with van der Waals surface area (Å²) in [6, 6.07) is 0. The minimum atomic E-state index is -0.762. The number of esters is 3. The van der Waals surface area contributed by atoms with Crippen LogP contribution in [0.4, 0.5) is 0 Å². The van der Waals surface area contributed by atoms with E-state index >= 15 is 0 Å². The molecule has 0 amide bonds. The van der Waals surface area contributed by atoms with E-state index in [1.54, 1.807) is 0 Å². The van der Waals surface area contributed by atoms with Gasteiger partial charge in [-0.2, -0.15) is 0 Å². The third kappa shape index (κ3) is 56.9. The fraction of sp³-hybridized carbons (Fsp3) is 0.921. The molecule has 1 atom stereocenters. The van der Waals surface area contributed by atoms with Gasteiger partial charge in [0.25, 0.3) is 0 Å². The van der Waals surface area contributed by atoms with Crippen molar-refractivity contribution < 1.29 is 28.6 Å². The SMILES string of the molecule is CCCCCCCCCC/C=C\CCCCCCCCCCCCCCCCCCCC(=O)OCC(COC(=O)CCCCCCCCCCC)OC(=O)CCCCCCCCCCCCCCC. The highest BCUT2D eigenvalue weighted by Gasteiger charge is 2.19. The summed E-state index contributed by atoms with van der Waals surface area (Å²) < 4.78 is 16.8. The van der Waals surface area contributed by atoms with Crippen molar-refractivity contribution >= 4 is 17.9 Å². The van der Waals surface area contributed by atoms with Crippen molar-refractivity contribution in [3.05, 3.63) is 12.2 Å². The van der Waals surface area contributed by atoms with E-state index in [0.29, 0.717) is 19.3 Å². The first-order valence-electron chi connectivity index (χ1n) is 31.2. The van der Waals surface area contributed by atoms with E-state index in [-0.39, 0.29) is 31.1 Å². The molecular weight excluding hydrogens is 853 g/mol. The zero-order valence-corrected chi connectivity index (χ0v) is 46.9. The summed E-state index contributed by atoms with van der Waals surface area (Å²) in [4.78, 5) is 38.0. The lowest BCUT2D eigenvalue weighted by molar-refractivity contribution is -0.167. The van der Waals surface area contributed by atoms with Crippen LogP contribution >= 0.6 is 0 Å². The summed E-state index contributed by atoms with van der Waals surface area (Å²) >= 11 is 0. The van der Waals surface area contributed by atoms with Crippen molar-refractivity contribution in [2.75, 3.05) is 13.2 Å². The predicted molar refractivity (Wildman–Crippen MR) is 298 cm³/mol. The Labute approximate surface area is 431 Å². The molecule has 0 N–H and O–H groups in total. The number of hydrogen-bond acceptors (Lipinski definition) is 6. The van der Waals surface area contributed by atoms with Gasteiger partial charge >= 0.3 is 17.9 Å². The first kappa shape index (κ1) is 67.1. The quantitative estimate of drug-likeness (QED) is 0.0261. The maximum absolute atomic E-state index is 12.8. The third-order valence-electron chi connectivity index (χ3n) is 14.3. The van der Waals surface area contributed by atoms with Gasteiger partial charge in [0, 0.05) is 19.3 Å². The van der Waals surface area contributed by atoms with Crippen LogP contribution < -0.4 is 0 Å². The van der Waals surface area contributed by atoms with Gasteiger partial charge in [-0.1, -0.05) is 303 Å². The smallest absolute Gasteiger partial charge is 0.306 e. The molecule has 408 valence electrons. The summed E-state index contributed by atoms with van der Waals surface area (Å²) in [5.41, 5.74) is 0. The van der Waals surface area contributed by atoms with Crippen LogP contribution in [0, 0.1) is 0 Å². The van der Waals surface area contributed by atoms with Gasteiger partial charge in [0.1, 0.15) is 13.2 Å². The molecule has 0 aliphatic heterocycles. The fourth-order valence-electron chi connectivity index (χ4n) is 9.56. The van der Waals surface area contributed by atoms with Gasteiger partial charge in [0.15, 0.2) is 6.10 Å². The molecule has 0 saturated heterocycles. The topological polar surface area (TPSA) is 78.9 Å². The zero-order valence-electron chi connectivity index (χ0n) is 46.9. The van der Waals surface area contributed by atoms with E-state index in [4.69, 9.17) is 14.2 Å². The second-order valence-corrected chi connectivity index (χ2v) is 21.3. The Bertz CT molecular complexity index is 1070. The number of ether oxygens (including phenoxy) is 3. The highest BCUT2D eigenvalue weighted by molar-refractivity contribution is 5.71. The fourth-order valence-corrected chi connectivity index (χ4v) is 9.56. The normalized spacial score (nSPS) is 12.0. The molecule has 69 heavy (non-hydrogen) atoms. The first-order valence-corrected chi connectivity index (χ1v) is 31.2. The van der Waals surface area contributed by atoms with Crippen LogP contribution in [-0.2, 0) is 28.6 Å². The monoisotopic (exact) mass is 973 g/mol. The van der Waals surface area contributed by atoms with Crippen LogP contribution in [0.3, 0.4) is 0 Å². The van der Waals surface area contributed by atoms with Gasteiger partial charge in [-0.25, -0.2) is 0 Å². The van der Waals surface area contributed by atoms with Crippen molar-refractivity contribution in [2.45, 2.75) is 361 Å². The minimum absolute atomic E-state index is 0.0633. The molecule has 0 rings (SSSR count). The van der Waals surface area contributed by atoms with Crippen molar-refractivity contribution in [1.82, 2.24) is 0 Å². The standard InChI is InChI=1S/C63H120O6/c1-4-7-10-13-16-19-21-23-24-25-26-27-28-29-30-31-32-33-34-35-36-37-38-40-41-44-47-50-53-56-62(65)68-59-60(58-67-61(64)55-52-49-46-43-18-15-12-9-6-3)69-63(66)57-54-51-48-45-42-39-22-20-17-14-11-8-5-2/h25-26,60H,4-24,27-59H2,1-3H3/b26-25-. The molecule has 0 aromatic carbocycles. The largest absolute Gasteiger partial charge is 0.462 e. The van der Waals surface area contributed by atoms with Crippen molar-refractivity contribution in [3.8, 4) is 0 Å². The average Bonchev–Trinajstić information content (AvgIpc) is 3.35. The van der Waals surface area contributed by atoms with Gasteiger partial charge in [0.05, 0.1) is 0 Å². The lowest BCUT2D eigenvalue weighted by atomic mass is 10.0. The molecule has 0 spiro atoms. The van der Waals surface area contributed by atoms with Crippen molar-refractivity contribution in [3.63, 3.8) is 0 Å². The lowest BCUT2D eigenvalue weighted by Crippen LogP contribution is -2.30. The summed E-state index contributed by atoms with van der Waals surface area (Å²) in [6.45, 7) is 6.67. The van der Waals surface area contributed by atoms with Crippen LogP contribution in [0.25, 0.3) is 0 Å². The highest BCUT2D eigenvalue weighted by Crippen LogP contribution is 2.18. The first-order chi connectivity index (χ1) is 34.0. The lowest BCUT2D eigenvalue weighted by Gasteiger charge is -2.18. The molecule has 0 aromatic heterocycles. The molecule has 0 saturated carbocycles. The number of rotatable bonds is 58. The maximum atomic E-state index is 12.8. The summed E-state index contributed by atoms with van der Waals surface area (Å²) in [6.07, 6.45) is 68.1. The molecule has 0 aromatic rings. The molecular formula is C63H120O6. The molecule has 0 heterocycles.